The predicted octanol–water partition coefficient (Wildman–Crippen LogP) is 5.79. The summed E-state index contributed by atoms with van der Waals surface area (Å²) in [6.45, 7) is 0. The van der Waals surface area contributed by atoms with Crippen LogP contribution in [0.3, 0.4) is 0 Å². The molecule has 2 N–H and O–H groups in total. The molecule has 0 radical (unpaired) electrons. The number of thiophene rings is 2. The second kappa shape index (κ2) is 6.41. The molecule has 2 atom stereocenters. The Bertz CT molecular complexity index is 973. The normalized spacial score (nSPS) is 22.1. The summed E-state index contributed by atoms with van der Waals surface area (Å²) in [5.41, 5.74) is 5.19. The van der Waals surface area contributed by atoms with E-state index in [4.69, 9.17) is 0 Å². The highest BCUT2D eigenvalue weighted by atomic mass is 32.1. The van der Waals surface area contributed by atoms with Crippen LogP contribution in [0, 0.1) is 0 Å². The van der Waals surface area contributed by atoms with Crippen LogP contribution in [0.2, 0.25) is 0 Å². The first kappa shape index (κ1) is 15.9. The third-order valence-corrected chi connectivity index (χ3v) is 6.87. The van der Waals surface area contributed by atoms with Crippen LogP contribution in [0.1, 0.15) is 35.2 Å². The highest BCUT2D eigenvalue weighted by Crippen LogP contribution is 2.45. The van der Waals surface area contributed by atoms with Gasteiger partial charge in [0.2, 0.25) is 0 Å². The van der Waals surface area contributed by atoms with Crippen molar-refractivity contribution in [2.75, 3.05) is 10.6 Å². The van der Waals surface area contributed by atoms with Crippen LogP contribution in [0.5, 0.6) is 0 Å². The average molecular weight is 379 g/mol. The molecule has 3 aromatic rings. The molecular weight excluding hydrogens is 360 g/mol. The summed E-state index contributed by atoms with van der Waals surface area (Å²) in [5, 5.41) is 13.5. The molecule has 1 aromatic carbocycles. The van der Waals surface area contributed by atoms with Crippen molar-refractivity contribution in [3.05, 3.63) is 80.3 Å². The van der Waals surface area contributed by atoms with Gasteiger partial charge in [0.15, 0.2) is 5.78 Å². The molecular formula is C21H18N2OS2. The molecule has 2 aromatic heterocycles. The number of allylic oxidation sites excluding steroid dienone is 1. The molecule has 1 aliphatic heterocycles. The summed E-state index contributed by atoms with van der Waals surface area (Å²) in [5.74, 6) is 0.510. The maximum atomic E-state index is 13.2. The van der Waals surface area contributed by atoms with Crippen molar-refractivity contribution < 1.29 is 4.79 Å². The SMILES string of the molecule is O=C1CC(c2cccs2)CC2=C1C(c1ccsc1)Nc1ccccc1N2. The van der Waals surface area contributed by atoms with Crippen LogP contribution in [-0.4, -0.2) is 5.78 Å². The van der Waals surface area contributed by atoms with E-state index >= 15 is 0 Å². The molecule has 2 unspecified atom stereocenters. The van der Waals surface area contributed by atoms with E-state index < -0.39 is 0 Å². The van der Waals surface area contributed by atoms with E-state index in [1.165, 1.54) is 4.88 Å². The van der Waals surface area contributed by atoms with Gasteiger partial charge in [0.05, 0.1) is 17.4 Å². The average Bonchev–Trinajstić information content (AvgIpc) is 3.33. The lowest BCUT2D eigenvalue weighted by Crippen LogP contribution is -2.26. The summed E-state index contributed by atoms with van der Waals surface area (Å²) in [6, 6.07) is 14.4. The molecule has 0 spiro atoms. The number of rotatable bonds is 2. The smallest absolute Gasteiger partial charge is 0.163 e. The lowest BCUT2D eigenvalue weighted by atomic mass is 9.81. The number of carbonyl (C=O) groups excluding carboxylic acids is 1. The third-order valence-electron chi connectivity index (χ3n) is 5.13. The first-order valence-electron chi connectivity index (χ1n) is 8.74. The number of nitrogens with one attached hydrogen (secondary N) is 2. The van der Waals surface area contributed by atoms with Crippen LogP contribution >= 0.6 is 22.7 Å². The van der Waals surface area contributed by atoms with E-state index in [2.05, 4.69) is 57.1 Å². The number of anilines is 2. The Balaban J connectivity index is 1.62. The van der Waals surface area contributed by atoms with Crippen molar-refractivity contribution in [2.24, 2.45) is 0 Å². The molecule has 3 heterocycles. The van der Waals surface area contributed by atoms with E-state index in [9.17, 15) is 4.79 Å². The van der Waals surface area contributed by atoms with Crippen LogP contribution < -0.4 is 10.6 Å². The fourth-order valence-corrected chi connectivity index (χ4v) is 5.42. The van der Waals surface area contributed by atoms with E-state index in [0.29, 0.717) is 6.42 Å². The van der Waals surface area contributed by atoms with Gasteiger partial charge in [0.1, 0.15) is 0 Å². The summed E-state index contributed by atoms with van der Waals surface area (Å²) in [6.07, 6.45) is 1.46. The number of hydrogen-bond acceptors (Lipinski definition) is 5. The number of benzene rings is 1. The molecule has 0 fully saturated rings. The Labute approximate surface area is 160 Å². The zero-order chi connectivity index (χ0) is 17.5. The predicted molar refractivity (Wildman–Crippen MR) is 109 cm³/mol. The van der Waals surface area contributed by atoms with Crippen molar-refractivity contribution in [3.8, 4) is 0 Å². The van der Waals surface area contributed by atoms with Gasteiger partial charge in [-0.15, -0.1) is 11.3 Å². The molecule has 0 bridgehead atoms. The van der Waals surface area contributed by atoms with E-state index in [1.807, 2.05) is 12.1 Å². The zero-order valence-corrected chi connectivity index (χ0v) is 15.7. The van der Waals surface area contributed by atoms with E-state index in [0.717, 1.165) is 34.6 Å². The van der Waals surface area contributed by atoms with Gasteiger partial charge < -0.3 is 10.6 Å². The van der Waals surface area contributed by atoms with Crippen LogP contribution in [0.25, 0.3) is 0 Å². The zero-order valence-electron chi connectivity index (χ0n) is 14.1. The van der Waals surface area contributed by atoms with Gasteiger partial charge in [0, 0.05) is 28.5 Å². The number of hydrogen-bond donors (Lipinski definition) is 2. The van der Waals surface area contributed by atoms with Gasteiger partial charge in [-0.2, -0.15) is 11.3 Å². The van der Waals surface area contributed by atoms with Gasteiger partial charge in [-0.1, -0.05) is 18.2 Å². The summed E-state index contributed by atoms with van der Waals surface area (Å²) in [4.78, 5) is 14.5. The van der Waals surface area contributed by atoms with E-state index in [-0.39, 0.29) is 17.7 Å². The molecule has 3 nitrogen and oxygen atoms in total. The highest BCUT2D eigenvalue weighted by molar-refractivity contribution is 7.10. The molecule has 2 aliphatic rings. The van der Waals surface area contributed by atoms with Crippen molar-refractivity contribution >= 4 is 39.8 Å². The Morgan fingerprint density at radius 3 is 2.62 bits per heavy atom. The van der Waals surface area contributed by atoms with Gasteiger partial charge in [-0.05, 0) is 52.4 Å². The van der Waals surface area contributed by atoms with Crippen molar-refractivity contribution in [1.82, 2.24) is 0 Å². The first-order chi connectivity index (χ1) is 12.8. The highest BCUT2D eigenvalue weighted by Gasteiger charge is 2.36. The first-order valence-corrected chi connectivity index (χ1v) is 10.6. The topological polar surface area (TPSA) is 41.1 Å². The van der Waals surface area contributed by atoms with E-state index in [1.54, 1.807) is 22.7 Å². The van der Waals surface area contributed by atoms with Crippen molar-refractivity contribution in [3.63, 3.8) is 0 Å². The maximum absolute atomic E-state index is 13.2. The number of carbonyl (C=O) groups is 1. The van der Waals surface area contributed by atoms with Gasteiger partial charge in [-0.3, -0.25) is 4.79 Å². The largest absolute Gasteiger partial charge is 0.372 e. The second-order valence-electron chi connectivity index (χ2n) is 6.74. The summed E-state index contributed by atoms with van der Waals surface area (Å²) in [7, 11) is 0. The molecule has 0 amide bonds. The molecule has 0 saturated carbocycles. The van der Waals surface area contributed by atoms with Crippen LogP contribution in [0.4, 0.5) is 11.4 Å². The minimum Gasteiger partial charge on any atom is -0.372 e. The monoisotopic (exact) mass is 378 g/mol. The Morgan fingerprint density at radius 2 is 1.85 bits per heavy atom. The van der Waals surface area contributed by atoms with Crippen molar-refractivity contribution in [2.45, 2.75) is 24.8 Å². The summed E-state index contributed by atoms with van der Waals surface area (Å²) < 4.78 is 0. The Kier molecular flexibility index (Phi) is 3.91. The number of Topliss-reactive ketones (excluding diaryl/α,β-unsaturated/α-hetero) is 1. The number of fused-ring (bicyclic) bond motifs is 1. The molecule has 5 rings (SSSR count). The van der Waals surface area contributed by atoms with Crippen molar-refractivity contribution in [1.29, 1.82) is 0 Å². The molecule has 1 aliphatic carbocycles. The second-order valence-corrected chi connectivity index (χ2v) is 8.50. The lowest BCUT2D eigenvalue weighted by Gasteiger charge is -2.28. The minimum absolute atomic E-state index is 0.0933. The standard InChI is InChI=1S/C21H18N2OS2/c24-18-11-14(19-6-3-8-26-19)10-17-20(18)21(13-7-9-25-12-13)23-16-5-2-1-4-15(16)22-17/h1-9,12,14,21-23H,10-11H2. The quantitative estimate of drug-likeness (QED) is 0.593. The minimum atomic E-state index is -0.0933. The van der Waals surface area contributed by atoms with Gasteiger partial charge >= 0.3 is 0 Å². The molecule has 0 saturated heterocycles. The molecule has 130 valence electrons. The molecule has 5 heteroatoms. The maximum Gasteiger partial charge on any atom is 0.163 e. The summed E-state index contributed by atoms with van der Waals surface area (Å²) >= 11 is 3.41. The molecule has 26 heavy (non-hydrogen) atoms. The fraction of sp³-hybridized carbons (Fsp3) is 0.190. The third kappa shape index (κ3) is 2.68. The van der Waals surface area contributed by atoms with Crippen LogP contribution in [0.15, 0.2) is 69.9 Å². The van der Waals surface area contributed by atoms with Crippen LogP contribution in [-0.2, 0) is 4.79 Å². The fourth-order valence-electron chi connectivity index (χ4n) is 3.91. The Hall–Kier alpha value is -2.37. The number of ketones is 1. The number of para-hydroxylation sites is 2. The Morgan fingerprint density at radius 1 is 0.962 bits per heavy atom. The lowest BCUT2D eigenvalue weighted by molar-refractivity contribution is -0.116. The van der Waals surface area contributed by atoms with Gasteiger partial charge in [-0.25, -0.2) is 0 Å². The van der Waals surface area contributed by atoms with Gasteiger partial charge in [0.25, 0.3) is 0 Å².